The van der Waals surface area contributed by atoms with Gasteiger partial charge in [-0.1, -0.05) is 53.2 Å². The molecule has 5 heteroatoms. The summed E-state index contributed by atoms with van der Waals surface area (Å²) in [5.74, 6) is -0.156. The Morgan fingerprint density at radius 3 is 2.12 bits per heavy atom. The van der Waals surface area contributed by atoms with Gasteiger partial charge in [-0.3, -0.25) is 4.79 Å². The molecule has 4 N–H and O–H groups in total. The molecule has 0 fully saturated rings. The average Bonchev–Trinajstić information content (AvgIpc) is 2.52. The maximum atomic E-state index is 12.4. The van der Waals surface area contributed by atoms with Gasteiger partial charge in [-0.15, -0.1) is 0 Å². The second-order valence-electron chi connectivity index (χ2n) is 8.25. The maximum Gasteiger partial charge on any atom is 0.312 e. The minimum absolute atomic E-state index is 0.0250. The normalized spacial score (nSPS) is 13.8. The van der Waals surface area contributed by atoms with Gasteiger partial charge < -0.3 is 16.4 Å². The van der Waals surface area contributed by atoms with E-state index < -0.39 is 12.1 Å². The van der Waals surface area contributed by atoms with Crippen LogP contribution in [-0.2, 0) is 16.6 Å². The van der Waals surface area contributed by atoms with Crippen molar-refractivity contribution in [3.8, 4) is 0 Å². The zero-order chi connectivity index (χ0) is 20.1. The Morgan fingerprint density at radius 1 is 1.15 bits per heavy atom. The molecule has 0 aromatic heterocycles. The number of nitrogens with one attached hydrogen (secondary N) is 2. The van der Waals surface area contributed by atoms with E-state index >= 15 is 0 Å². The molecule has 146 valence electrons. The maximum absolute atomic E-state index is 12.4. The summed E-state index contributed by atoms with van der Waals surface area (Å²) >= 11 is 0. The molecule has 2 atom stereocenters. The van der Waals surface area contributed by atoms with E-state index in [2.05, 4.69) is 57.4 Å². The number of rotatable bonds is 7. The molecule has 0 radical (unpaired) electrons. The summed E-state index contributed by atoms with van der Waals surface area (Å²) in [6.45, 7) is 15.3. The molecule has 1 aromatic carbocycles. The lowest BCUT2D eigenvalue weighted by Crippen LogP contribution is -2.52. The molecule has 0 saturated carbocycles. The van der Waals surface area contributed by atoms with Crippen LogP contribution in [0.5, 0.6) is 0 Å². The fourth-order valence-electron chi connectivity index (χ4n) is 3.10. The van der Waals surface area contributed by atoms with Crippen molar-refractivity contribution in [2.24, 2.45) is 11.7 Å². The number of aryl methyl sites for hydroxylation is 2. The van der Waals surface area contributed by atoms with Gasteiger partial charge in [0.1, 0.15) is 6.04 Å². The predicted octanol–water partition coefficient (Wildman–Crippen LogP) is 3.34. The fraction of sp³-hybridized carbons (Fsp3) is 0.619. The molecular formula is C21H35N3O2. The van der Waals surface area contributed by atoms with Crippen LogP contribution in [0.15, 0.2) is 12.1 Å². The smallest absolute Gasteiger partial charge is 0.312 e. The lowest BCUT2D eigenvalue weighted by molar-refractivity contribution is -0.124. The first kappa shape index (κ1) is 22.0. The minimum Gasteiger partial charge on any atom is -0.354 e. The number of carbonyl (C=O) groups is 2. The summed E-state index contributed by atoms with van der Waals surface area (Å²) in [5, 5.41) is 5.49. The highest BCUT2D eigenvalue weighted by molar-refractivity contribution is 5.86. The molecule has 3 amide bonds. The van der Waals surface area contributed by atoms with Crippen molar-refractivity contribution in [1.82, 2.24) is 10.6 Å². The second-order valence-corrected chi connectivity index (χ2v) is 8.25. The van der Waals surface area contributed by atoms with Gasteiger partial charge in [0.05, 0.1) is 0 Å². The summed E-state index contributed by atoms with van der Waals surface area (Å²) in [4.78, 5) is 23.6. The van der Waals surface area contributed by atoms with Crippen LogP contribution in [0.4, 0.5) is 4.79 Å². The number of amides is 3. The molecular weight excluding hydrogens is 326 g/mol. The van der Waals surface area contributed by atoms with Gasteiger partial charge in [0, 0.05) is 6.54 Å². The van der Waals surface area contributed by atoms with Gasteiger partial charge in [-0.25, -0.2) is 4.79 Å². The molecule has 0 saturated heterocycles. The highest BCUT2D eigenvalue weighted by atomic mass is 16.2. The van der Waals surface area contributed by atoms with E-state index in [1.54, 1.807) is 0 Å². The third-order valence-corrected chi connectivity index (χ3v) is 5.03. The molecule has 0 aliphatic carbocycles. The molecule has 2 unspecified atom stereocenters. The van der Waals surface area contributed by atoms with E-state index in [0.717, 1.165) is 12.8 Å². The third-order valence-electron chi connectivity index (χ3n) is 5.03. The number of hydrogen-bond acceptors (Lipinski definition) is 2. The monoisotopic (exact) mass is 361 g/mol. The Morgan fingerprint density at radius 2 is 1.69 bits per heavy atom. The standard InChI is InChI=1S/C21H35N3O2/c1-8-13(2)18(24-20(22)26)19(25)23-10-9-17-14(3)11-16(12-15(17)4)21(5,6)7/h11-13,18H,8-10H2,1-7H3,(H,23,25)(H3,22,24,26). The van der Waals surface area contributed by atoms with Crippen LogP contribution in [0.25, 0.3) is 0 Å². The van der Waals surface area contributed by atoms with Crippen LogP contribution < -0.4 is 16.4 Å². The predicted molar refractivity (Wildman–Crippen MR) is 107 cm³/mol. The van der Waals surface area contributed by atoms with Crippen molar-refractivity contribution in [2.45, 2.75) is 72.8 Å². The summed E-state index contributed by atoms with van der Waals surface area (Å²) < 4.78 is 0. The van der Waals surface area contributed by atoms with Gasteiger partial charge in [-0.05, 0) is 53.9 Å². The van der Waals surface area contributed by atoms with E-state index in [-0.39, 0.29) is 17.2 Å². The van der Waals surface area contributed by atoms with Crippen LogP contribution in [-0.4, -0.2) is 24.5 Å². The molecule has 26 heavy (non-hydrogen) atoms. The second kappa shape index (κ2) is 9.06. The van der Waals surface area contributed by atoms with Crippen LogP contribution >= 0.6 is 0 Å². The van der Waals surface area contributed by atoms with E-state index in [4.69, 9.17) is 5.73 Å². The lowest BCUT2D eigenvalue weighted by atomic mass is 9.83. The van der Waals surface area contributed by atoms with Crippen LogP contribution in [0.2, 0.25) is 0 Å². The molecule has 0 bridgehead atoms. The zero-order valence-corrected chi connectivity index (χ0v) is 17.3. The van der Waals surface area contributed by atoms with Crippen molar-refractivity contribution in [2.75, 3.05) is 6.54 Å². The number of benzene rings is 1. The van der Waals surface area contributed by atoms with Crippen molar-refractivity contribution in [3.05, 3.63) is 34.4 Å². The number of primary amides is 1. The average molecular weight is 362 g/mol. The van der Waals surface area contributed by atoms with Gasteiger partial charge in [0.2, 0.25) is 5.91 Å². The molecule has 5 nitrogen and oxygen atoms in total. The van der Waals surface area contributed by atoms with E-state index in [1.165, 1.54) is 22.3 Å². The Balaban J connectivity index is 2.78. The zero-order valence-electron chi connectivity index (χ0n) is 17.3. The SMILES string of the molecule is CCC(C)C(NC(N)=O)C(=O)NCCc1c(C)cc(C(C)(C)C)cc1C. The topological polar surface area (TPSA) is 84.2 Å². The first-order valence-corrected chi connectivity index (χ1v) is 9.41. The number of urea groups is 1. The van der Waals surface area contributed by atoms with E-state index in [0.29, 0.717) is 6.54 Å². The molecule has 1 rings (SSSR count). The highest BCUT2D eigenvalue weighted by Gasteiger charge is 2.25. The van der Waals surface area contributed by atoms with Gasteiger partial charge in [-0.2, -0.15) is 0 Å². The number of nitrogens with two attached hydrogens (primary N) is 1. The van der Waals surface area contributed by atoms with Crippen molar-refractivity contribution >= 4 is 11.9 Å². The Kier molecular flexibility index (Phi) is 7.67. The molecule has 0 spiro atoms. The van der Waals surface area contributed by atoms with Crippen molar-refractivity contribution < 1.29 is 9.59 Å². The summed E-state index contributed by atoms with van der Waals surface area (Å²) in [7, 11) is 0. The van der Waals surface area contributed by atoms with Gasteiger partial charge in [0.25, 0.3) is 0 Å². The minimum atomic E-state index is -0.671. The lowest BCUT2D eigenvalue weighted by Gasteiger charge is -2.24. The number of carbonyl (C=O) groups excluding carboxylic acids is 2. The first-order chi connectivity index (χ1) is 12.0. The first-order valence-electron chi connectivity index (χ1n) is 9.41. The Labute approximate surface area is 158 Å². The van der Waals surface area contributed by atoms with Gasteiger partial charge in [0.15, 0.2) is 0 Å². The van der Waals surface area contributed by atoms with Crippen LogP contribution in [0.1, 0.15) is 63.3 Å². The third kappa shape index (κ3) is 6.04. The van der Waals surface area contributed by atoms with Crippen molar-refractivity contribution in [1.29, 1.82) is 0 Å². The largest absolute Gasteiger partial charge is 0.354 e. The molecule has 1 aromatic rings. The highest BCUT2D eigenvalue weighted by Crippen LogP contribution is 2.27. The summed E-state index contributed by atoms with van der Waals surface area (Å²) in [5.41, 5.74) is 10.4. The summed E-state index contributed by atoms with van der Waals surface area (Å²) in [6.07, 6.45) is 1.54. The van der Waals surface area contributed by atoms with E-state index in [1.807, 2.05) is 13.8 Å². The molecule has 0 aliphatic heterocycles. The number of hydrogen-bond donors (Lipinski definition) is 3. The van der Waals surface area contributed by atoms with E-state index in [9.17, 15) is 9.59 Å². The Hall–Kier alpha value is -2.04. The molecule has 0 aliphatic rings. The van der Waals surface area contributed by atoms with Crippen LogP contribution in [0.3, 0.4) is 0 Å². The quantitative estimate of drug-likeness (QED) is 0.696. The molecule has 0 heterocycles. The van der Waals surface area contributed by atoms with Crippen molar-refractivity contribution in [3.63, 3.8) is 0 Å². The fourth-order valence-corrected chi connectivity index (χ4v) is 3.10. The van der Waals surface area contributed by atoms with Gasteiger partial charge >= 0.3 is 6.03 Å². The van der Waals surface area contributed by atoms with Crippen LogP contribution in [0, 0.1) is 19.8 Å². The Bertz CT molecular complexity index is 624. The summed E-state index contributed by atoms with van der Waals surface area (Å²) in [6, 6.07) is 3.21.